The van der Waals surface area contributed by atoms with Crippen molar-refractivity contribution >= 4 is 17.1 Å². The van der Waals surface area contributed by atoms with Gasteiger partial charge >= 0.3 is 0 Å². The highest BCUT2D eigenvalue weighted by Crippen LogP contribution is 2.32. The zero-order valence-electron chi connectivity index (χ0n) is 9.75. The number of allylic oxidation sites excluding steroid dienone is 2. The van der Waals surface area contributed by atoms with Gasteiger partial charge in [-0.05, 0) is 23.3 Å². The van der Waals surface area contributed by atoms with Crippen molar-refractivity contribution in [2.45, 2.75) is 33.2 Å². The van der Waals surface area contributed by atoms with Crippen molar-refractivity contribution < 1.29 is 4.79 Å². The summed E-state index contributed by atoms with van der Waals surface area (Å²) in [5, 5.41) is 5.43. The minimum absolute atomic E-state index is 0.101. The molecule has 0 saturated carbocycles. The molecule has 0 aromatic carbocycles. The molecule has 0 unspecified atom stereocenters. The van der Waals surface area contributed by atoms with Crippen LogP contribution < -0.4 is 5.32 Å². The first kappa shape index (κ1) is 11.4. The highest BCUT2D eigenvalue weighted by Gasteiger charge is 2.27. The van der Waals surface area contributed by atoms with Crippen molar-refractivity contribution in [1.29, 1.82) is 0 Å². The van der Waals surface area contributed by atoms with Gasteiger partial charge < -0.3 is 5.32 Å². The number of hydrogen-bond donors (Lipinski definition) is 1. The third-order valence-corrected chi connectivity index (χ3v) is 3.60. The van der Waals surface area contributed by atoms with Crippen LogP contribution in [-0.2, 0) is 11.3 Å². The zero-order valence-corrected chi connectivity index (χ0v) is 10.6. The Labute approximate surface area is 100 Å². The second kappa shape index (κ2) is 4.42. The van der Waals surface area contributed by atoms with Crippen molar-refractivity contribution in [2.24, 2.45) is 5.41 Å². The smallest absolute Gasteiger partial charge is 0.157 e. The van der Waals surface area contributed by atoms with Gasteiger partial charge in [0.25, 0.3) is 0 Å². The van der Waals surface area contributed by atoms with Crippen LogP contribution in [0, 0.1) is 5.41 Å². The fourth-order valence-corrected chi connectivity index (χ4v) is 2.72. The lowest BCUT2D eigenvalue weighted by Gasteiger charge is -2.29. The number of ketones is 1. The lowest BCUT2D eigenvalue weighted by molar-refractivity contribution is -0.117. The Bertz CT molecular complexity index is 404. The Morgan fingerprint density at radius 2 is 2.25 bits per heavy atom. The molecule has 1 aliphatic carbocycles. The monoisotopic (exact) mass is 235 g/mol. The van der Waals surface area contributed by atoms with E-state index in [4.69, 9.17) is 0 Å². The molecule has 86 valence electrons. The van der Waals surface area contributed by atoms with Crippen LogP contribution in [0.3, 0.4) is 0 Å². The molecule has 1 aromatic rings. The minimum Gasteiger partial charge on any atom is -0.383 e. The average Bonchev–Trinajstić information content (AvgIpc) is 2.63. The summed E-state index contributed by atoms with van der Waals surface area (Å²) in [7, 11) is 0. The molecule has 0 aliphatic heterocycles. The van der Waals surface area contributed by atoms with Gasteiger partial charge in [-0.2, -0.15) is 0 Å². The molecule has 0 saturated heterocycles. The van der Waals surface area contributed by atoms with Crippen molar-refractivity contribution in [1.82, 2.24) is 5.32 Å². The van der Waals surface area contributed by atoms with Crippen molar-refractivity contribution in [2.75, 3.05) is 0 Å². The first-order chi connectivity index (χ1) is 7.55. The summed E-state index contributed by atoms with van der Waals surface area (Å²) >= 11 is 1.74. The van der Waals surface area contributed by atoms with E-state index in [1.54, 1.807) is 17.4 Å². The Morgan fingerprint density at radius 3 is 2.88 bits per heavy atom. The Kier molecular flexibility index (Phi) is 3.15. The number of carbonyl (C=O) groups excluding carboxylic acids is 1. The predicted molar refractivity (Wildman–Crippen MR) is 67.3 cm³/mol. The molecule has 1 heterocycles. The van der Waals surface area contributed by atoms with Gasteiger partial charge in [-0.15, -0.1) is 11.3 Å². The van der Waals surface area contributed by atoms with E-state index >= 15 is 0 Å². The fourth-order valence-electron chi connectivity index (χ4n) is 2.07. The SMILES string of the molecule is CC1(C)CC(=O)C=C(NCc2cccs2)C1. The number of carbonyl (C=O) groups is 1. The maximum absolute atomic E-state index is 11.5. The number of rotatable bonds is 3. The standard InChI is InChI=1S/C13H17NOS/c1-13(2)7-10(6-11(15)8-13)14-9-12-4-3-5-16-12/h3-6,14H,7-9H2,1-2H3. The van der Waals surface area contributed by atoms with Gasteiger partial charge in [-0.1, -0.05) is 19.9 Å². The van der Waals surface area contributed by atoms with Crippen LogP contribution in [0.2, 0.25) is 0 Å². The highest BCUT2D eigenvalue weighted by molar-refractivity contribution is 7.09. The van der Waals surface area contributed by atoms with E-state index < -0.39 is 0 Å². The number of hydrogen-bond acceptors (Lipinski definition) is 3. The summed E-state index contributed by atoms with van der Waals surface area (Å²) < 4.78 is 0. The first-order valence-electron chi connectivity index (χ1n) is 5.55. The molecule has 0 amide bonds. The Morgan fingerprint density at radius 1 is 1.44 bits per heavy atom. The van der Waals surface area contributed by atoms with Crippen LogP contribution in [-0.4, -0.2) is 5.78 Å². The molecular formula is C13H17NOS. The quantitative estimate of drug-likeness (QED) is 0.872. The van der Waals surface area contributed by atoms with Crippen LogP contribution in [0.1, 0.15) is 31.6 Å². The molecule has 1 N–H and O–H groups in total. The number of nitrogens with one attached hydrogen (secondary N) is 1. The van der Waals surface area contributed by atoms with E-state index in [0.29, 0.717) is 6.42 Å². The Hall–Kier alpha value is -1.09. The third-order valence-electron chi connectivity index (χ3n) is 2.73. The lowest BCUT2D eigenvalue weighted by Crippen LogP contribution is -2.27. The number of thiophene rings is 1. The summed E-state index contributed by atoms with van der Waals surface area (Å²) in [5.41, 5.74) is 1.18. The molecule has 2 nitrogen and oxygen atoms in total. The van der Waals surface area contributed by atoms with E-state index in [-0.39, 0.29) is 11.2 Å². The van der Waals surface area contributed by atoms with Crippen LogP contribution in [0.15, 0.2) is 29.3 Å². The summed E-state index contributed by atoms with van der Waals surface area (Å²) in [5.74, 6) is 0.241. The van der Waals surface area contributed by atoms with E-state index in [1.165, 1.54) is 4.88 Å². The molecule has 2 rings (SSSR count). The van der Waals surface area contributed by atoms with Gasteiger partial charge in [0, 0.05) is 29.6 Å². The molecule has 0 radical (unpaired) electrons. The van der Waals surface area contributed by atoms with E-state index in [1.807, 2.05) is 6.07 Å². The maximum atomic E-state index is 11.5. The van der Waals surface area contributed by atoms with Gasteiger partial charge in [0.1, 0.15) is 0 Å². The molecule has 1 aliphatic rings. The third kappa shape index (κ3) is 2.95. The lowest BCUT2D eigenvalue weighted by atomic mass is 9.79. The van der Waals surface area contributed by atoms with Crippen molar-refractivity contribution in [3.05, 3.63) is 34.2 Å². The molecular weight excluding hydrogens is 218 g/mol. The maximum Gasteiger partial charge on any atom is 0.157 e. The van der Waals surface area contributed by atoms with Gasteiger partial charge in [0.2, 0.25) is 0 Å². The molecule has 0 bridgehead atoms. The normalized spacial score (nSPS) is 19.4. The van der Waals surface area contributed by atoms with Crippen LogP contribution >= 0.6 is 11.3 Å². The first-order valence-corrected chi connectivity index (χ1v) is 6.43. The topological polar surface area (TPSA) is 29.1 Å². The molecule has 1 aromatic heterocycles. The molecule has 0 atom stereocenters. The summed E-state index contributed by atoms with van der Waals surface area (Å²) in [6, 6.07) is 4.15. The van der Waals surface area contributed by atoms with E-state index in [0.717, 1.165) is 18.7 Å². The molecule has 3 heteroatoms. The summed E-state index contributed by atoms with van der Waals surface area (Å²) in [6.45, 7) is 5.11. The van der Waals surface area contributed by atoms with Crippen LogP contribution in [0.25, 0.3) is 0 Å². The zero-order chi connectivity index (χ0) is 11.6. The van der Waals surface area contributed by atoms with Crippen LogP contribution in [0.4, 0.5) is 0 Å². The average molecular weight is 235 g/mol. The van der Waals surface area contributed by atoms with Crippen molar-refractivity contribution in [3.63, 3.8) is 0 Å². The highest BCUT2D eigenvalue weighted by atomic mass is 32.1. The van der Waals surface area contributed by atoms with Gasteiger partial charge in [-0.25, -0.2) is 0 Å². The molecule has 16 heavy (non-hydrogen) atoms. The van der Waals surface area contributed by atoms with Gasteiger partial charge in [0.05, 0.1) is 0 Å². The summed E-state index contributed by atoms with van der Waals surface area (Å²) in [6.07, 6.45) is 3.39. The van der Waals surface area contributed by atoms with Gasteiger partial charge in [-0.3, -0.25) is 4.79 Å². The van der Waals surface area contributed by atoms with E-state index in [2.05, 4.69) is 30.6 Å². The molecule has 0 fully saturated rings. The van der Waals surface area contributed by atoms with E-state index in [9.17, 15) is 4.79 Å². The second-order valence-electron chi connectivity index (χ2n) is 5.09. The van der Waals surface area contributed by atoms with Crippen molar-refractivity contribution in [3.8, 4) is 0 Å². The summed E-state index contributed by atoms with van der Waals surface area (Å²) in [4.78, 5) is 12.8. The second-order valence-corrected chi connectivity index (χ2v) is 6.12. The van der Waals surface area contributed by atoms with Crippen LogP contribution in [0.5, 0.6) is 0 Å². The predicted octanol–water partition coefficient (Wildman–Crippen LogP) is 3.11. The fraction of sp³-hybridized carbons (Fsp3) is 0.462. The molecule has 0 spiro atoms. The minimum atomic E-state index is 0.101. The van der Waals surface area contributed by atoms with Gasteiger partial charge in [0.15, 0.2) is 5.78 Å². The largest absolute Gasteiger partial charge is 0.383 e. The Balaban J connectivity index is 1.97.